The molecule has 0 spiro atoms. The Hall–Kier alpha value is -1.53. The van der Waals surface area contributed by atoms with Crippen LogP contribution in [0.1, 0.15) is 25.5 Å². The van der Waals surface area contributed by atoms with Crippen LogP contribution in [-0.4, -0.2) is 41.4 Å². The Labute approximate surface area is 112 Å². The zero-order chi connectivity index (χ0) is 13.5. The molecule has 0 aliphatic carbocycles. The molecule has 2 unspecified atom stereocenters. The molecule has 19 heavy (non-hydrogen) atoms. The van der Waals surface area contributed by atoms with Crippen molar-refractivity contribution in [3.8, 4) is 0 Å². The van der Waals surface area contributed by atoms with Crippen molar-refractivity contribution in [3.05, 3.63) is 24.3 Å². The molecule has 104 valence electrons. The highest BCUT2D eigenvalue weighted by atomic mass is 16.6. The molecule has 2 atom stereocenters. The Morgan fingerprint density at radius 2 is 2.47 bits per heavy atom. The maximum Gasteiger partial charge on any atom is 0.335 e. The molecule has 2 heterocycles. The van der Waals surface area contributed by atoms with E-state index in [2.05, 4.69) is 9.97 Å². The summed E-state index contributed by atoms with van der Waals surface area (Å²) < 4.78 is 16.0. The number of aromatic nitrogens is 2. The second-order valence-corrected chi connectivity index (χ2v) is 4.42. The topological polar surface area (TPSA) is 70.5 Å². The molecule has 0 aromatic carbocycles. The third kappa shape index (κ3) is 4.57. The van der Waals surface area contributed by atoms with Crippen molar-refractivity contribution >= 4 is 5.97 Å². The number of esters is 1. The quantitative estimate of drug-likeness (QED) is 0.718. The molecule has 1 aromatic heterocycles. The first-order valence-corrected chi connectivity index (χ1v) is 6.40. The second-order valence-electron chi connectivity index (χ2n) is 4.42. The van der Waals surface area contributed by atoms with Gasteiger partial charge in [-0.15, -0.1) is 0 Å². The summed E-state index contributed by atoms with van der Waals surface area (Å²) in [5.41, 5.74) is 0.613. The van der Waals surface area contributed by atoms with Crippen LogP contribution in [0.2, 0.25) is 0 Å². The van der Waals surface area contributed by atoms with Crippen LogP contribution < -0.4 is 0 Å². The molecule has 0 radical (unpaired) electrons. The highest BCUT2D eigenvalue weighted by molar-refractivity contribution is 5.74. The number of nitrogens with zero attached hydrogens (tertiary/aromatic N) is 2. The van der Waals surface area contributed by atoms with Crippen LogP contribution in [0.25, 0.3) is 0 Å². The minimum Gasteiger partial charge on any atom is -0.457 e. The highest BCUT2D eigenvalue weighted by Gasteiger charge is 2.20. The number of carbonyl (C=O) groups excluding carboxylic acids is 1. The molecule has 1 aliphatic rings. The molecule has 1 fully saturated rings. The summed E-state index contributed by atoms with van der Waals surface area (Å²) in [4.78, 5) is 19.6. The van der Waals surface area contributed by atoms with E-state index in [0.717, 1.165) is 19.4 Å². The smallest absolute Gasteiger partial charge is 0.335 e. The molecule has 6 heteroatoms. The van der Waals surface area contributed by atoms with Gasteiger partial charge in [0.15, 0.2) is 6.10 Å². The number of hydrogen-bond acceptors (Lipinski definition) is 6. The molecule has 0 N–H and O–H groups in total. The molecular weight excluding hydrogens is 248 g/mol. The van der Waals surface area contributed by atoms with E-state index < -0.39 is 12.1 Å². The zero-order valence-electron chi connectivity index (χ0n) is 10.9. The van der Waals surface area contributed by atoms with E-state index in [4.69, 9.17) is 14.2 Å². The van der Waals surface area contributed by atoms with Gasteiger partial charge in [0, 0.05) is 19.0 Å². The van der Waals surface area contributed by atoms with Gasteiger partial charge in [-0.2, -0.15) is 0 Å². The van der Waals surface area contributed by atoms with Gasteiger partial charge < -0.3 is 14.2 Å². The van der Waals surface area contributed by atoms with Gasteiger partial charge >= 0.3 is 5.97 Å². The number of rotatable bonds is 6. The molecular formula is C13H18N2O4. The lowest BCUT2D eigenvalue weighted by atomic mass is 10.2. The third-order valence-corrected chi connectivity index (χ3v) is 2.87. The maximum atomic E-state index is 11.7. The predicted octanol–water partition coefficient (Wildman–Crippen LogP) is 1.10. The summed E-state index contributed by atoms with van der Waals surface area (Å²) in [6.07, 6.45) is 6.24. The fourth-order valence-electron chi connectivity index (χ4n) is 1.76. The van der Waals surface area contributed by atoms with Crippen molar-refractivity contribution in [2.45, 2.75) is 38.6 Å². The fraction of sp³-hybridized carbons (Fsp3) is 0.615. The maximum absolute atomic E-state index is 11.7. The molecule has 6 nitrogen and oxygen atoms in total. The van der Waals surface area contributed by atoms with E-state index in [0.29, 0.717) is 12.3 Å². The number of hydrogen-bond donors (Lipinski definition) is 0. The summed E-state index contributed by atoms with van der Waals surface area (Å²) in [5, 5.41) is 0. The van der Waals surface area contributed by atoms with Crippen molar-refractivity contribution in [1.29, 1.82) is 0 Å². The largest absolute Gasteiger partial charge is 0.457 e. The first-order valence-electron chi connectivity index (χ1n) is 6.40. The lowest BCUT2D eigenvalue weighted by Gasteiger charge is -2.15. The first-order chi connectivity index (χ1) is 9.25. The summed E-state index contributed by atoms with van der Waals surface area (Å²) in [7, 11) is 0. The lowest BCUT2D eigenvalue weighted by molar-refractivity contribution is -0.159. The van der Waals surface area contributed by atoms with E-state index >= 15 is 0 Å². The van der Waals surface area contributed by atoms with Crippen LogP contribution in [0.4, 0.5) is 0 Å². The molecule has 1 aliphatic heterocycles. The minimum atomic E-state index is -0.596. The average Bonchev–Trinajstić information content (AvgIpc) is 2.96. The van der Waals surface area contributed by atoms with Crippen LogP contribution in [-0.2, 0) is 25.6 Å². The lowest BCUT2D eigenvalue weighted by Crippen LogP contribution is -2.27. The molecule has 1 aromatic rings. The minimum absolute atomic E-state index is 0.107. The number of carbonyl (C=O) groups is 1. The van der Waals surface area contributed by atoms with Crippen LogP contribution in [0, 0.1) is 0 Å². The highest BCUT2D eigenvalue weighted by Crippen LogP contribution is 2.13. The van der Waals surface area contributed by atoms with Crippen molar-refractivity contribution in [1.82, 2.24) is 9.97 Å². The van der Waals surface area contributed by atoms with Gasteiger partial charge in [-0.25, -0.2) is 4.79 Å². The van der Waals surface area contributed by atoms with Crippen molar-refractivity contribution in [2.75, 3.05) is 13.2 Å². The Kier molecular flexibility index (Phi) is 5.23. The van der Waals surface area contributed by atoms with Crippen molar-refractivity contribution < 1.29 is 19.0 Å². The van der Waals surface area contributed by atoms with Gasteiger partial charge in [0.05, 0.1) is 24.6 Å². The molecule has 0 bridgehead atoms. The fourth-order valence-corrected chi connectivity index (χ4v) is 1.76. The van der Waals surface area contributed by atoms with Crippen LogP contribution in [0.5, 0.6) is 0 Å². The average molecular weight is 266 g/mol. The van der Waals surface area contributed by atoms with Crippen molar-refractivity contribution in [2.24, 2.45) is 0 Å². The summed E-state index contributed by atoms with van der Waals surface area (Å²) in [6.45, 7) is 3.00. The monoisotopic (exact) mass is 266 g/mol. The van der Waals surface area contributed by atoms with Crippen LogP contribution in [0.3, 0.4) is 0 Å². The Morgan fingerprint density at radius 1 is 1.58 bits per heavy atom. The third-order valence-electron chi connectivity index (χ3n) is 2.87. The Balaban J connectivity index is 1.67. The van der Waals surface area contributed by atoms with Gasteiger partial charge in [-0.05, 0) is 19.8 Å². The standard InChI is InChI=1S/C13H18N2O4/c1-10(18-9-12-3-2-6-17-12)13(16)19-8-11-7-14-4-5-15-11/h4-5,7,10,12H,2-3,6,8-9H2,1H3. The molecule has 0 saturated carbocycles. The SMILES string of the molecule is CC(OCC1CCCO1)C(=O)OCc1cnccn1. The normalized spacial score (nSPS) is 20.2. The van der Waals surface area contributed by atoms with Gasteiger partial charge in [0.1, 0.15) is 6.61 Å². The van der Waals surface area contributed by atoms with Crippen LogP contribution >= 0.6 is 0 Å². The molecule has 1 saturated heterocycles. The summed E-state index contributed by atoms with van der Waals surface area (Å²) >= 11 is 0. The second kappa shape index (κ2) is 7.16. The van der Waals surface area contributed by atoms with E-state index in [-0.39, 0.29) is 12.7 Å². The zero-order valence-corrected chi connectivity index (χ0v) is 10.9. The van der Waals surface area contributed by atoms with E-state index in [1.165, 1.54) is 0 Å². The summed E-state index contributed by atoms with van der Waals surface area (Å²) in [6, 6.07) is 0. The van der Waals surface area contributed by atoms with Gasteiger partial charge in [-0.3, -0.25) is 9.97 Å². The van der Waals surface area contributed by atoms with E-state index in [1.807, 2.05) is 0 Å². The molecule has 2 rings (SSSR count). The Morgan fingerprint density at radius 3 is 3.16 bits per heavy atom. The molecule has 0 amide bonds. The van der Waals surface area contributed by atoms with Gasteiger partial charge in [-0.1, -0.05) is 0 Å². The van der Waals surface area contributed by atoms with Crippen molar-refractivity contribution in [3.63, 3.8) is 0 Å². The summed E-state index contributed by atoms with van der Waals surface area (Å²) in [5.74, 6) is -0.399. The van der Waals surface area contributed by atoms with E-state index in [9.17, 15) is 4.79 Å². The predicted molar refractivity (Wildman–Crippen MR) is 66.2 cm³/mol. The van der Waals surface area contributed by atoms with Gasteiger partial charge in [0.2, 0.25) is 0 Å². The van der Waals surface area contributed by atoms with E-state index in [1.54, 1.807) is 25.5 Å². The first kappa shape index (κ1) is 13.9. The Bertz CT molecular complexity index is 393. The van der Waals surface area contributed by atoms with Crippen LogP contribution in [0.15, 0.2) is 18.6 Å². The number of ether oxygens (including phenoxy) is 3. The van der Waals surface area contributed by atoms with Gasteiger partial charge in [0.25, 0.3) is 0 Å².